The number of amidine groups is 1. The number of hydrogen-bond acceptors (Lipinski definition) is 3. The maximum atomic E-state index is 12.1. The van der Waals surface area contributed by atoms with Gasteiger partial charge in [-0.3, -0.25) is 0 Å². The van der Waals surface area contributed by atoms with Crippen molar-refractivity contribution in [1.29, 1.82) is 0 Å². The molecule has 2 aromatic carbocycles. The van der Waals surface area contributed by atoms with Gasteiger partial charge in [0, 0.05) is 12.7 Å². The second kappa shape index (κ2) is 4.54. The lowest BCUT2D eigenvalue weighted by Crippen LogP contribution is -2.26. The van der Waals surface area contributed by atoms with Crippen LogP contribution in [0.1, 0.15) is 11.1 Å². The highest BCUT2D eigenvalue weighted by atomic mass is 32.3. The summed E-state index contributed by atoms with van der Waals surface area (Å²) in [5.41, 5.74) is 2.66. The van der Waals surface area contributed by atoms with Crippen molar-refractivity contribution in [2.24, 2.45) is 4.40 Å². The number of benzene rings is 2. The van der Waals surface area contributed by atoms with E-state index in [0.717, 1.165) is 11.3 Å². The third kappa shape index (κ3) is 1.95. The summed E-state index contributed by atoms with van der Waals surface area (Å²) in [6.45, 7) is 1.99. The molecule has 1 aliphatic rings. The van der Waals surface area contributed by atoms with Gasteiger partial charge in [-0.2, -0.15) is 0 Å². The van der Waals surface area contributed by atoms with Crippen LogP contribution in [-0.2, 0) is 14.6 Å². The van der Waals surface area contributed by atoms with Crippen LogP contribution in [0.5, 0.6) is 0 Å². The Morgan fingerprint density at radius 3 is 2.50 bits per heavy atom. The molecule has 1 heterocycles. The second-order valence-corrected chi connectivity index (χ2v) is 6.30. The molecule has 20 heavy (non-hydrogen) atoms. The van der Waals surface area contributed by atoms with Gasteiger partial charge in [-0.15, -0.1) is 0 Å². The topological polar surface area (TPSA) is 55.7 Å². The first-order chi connectivity index (χ1) is 9.50. The van der Waals surface area contributed by atoms with Crippen LogP contribution in [0.15, 0.2) is 57.8 Å². The molecule has 4 nitrogen and oxygen atoms in total. The molecule has 0 saturated heterocycles. The van der Waals surface area contributed by atoms with Crippen LogP contribution in [-0.4, -0.2) is 17.4 Å². The minimum absolute atomic E-state index is 0.274. The summed E-state index contributed by atoms with van der Waals surface area (Å²) >= 11 is 0. The van der Waals surface area contributed by atoms with Crippen LogP contribution in [0.2, 0.25) is 0 Å². The largest absolute Gasteiger partial charge is 0.586 e. The van der Waals surface area contributed by atoms with Crippen molar-refractivity contribution in [2.45, 2.75) is 11.8 Å². The number of sulfonamides is 1. The highest BCUT2D eigenvalue weighted by molar-refractivity contribution is 7.97. The van der Waals surface area contributed by atoms with Crippen molar-refractivity contribution in [3.8, 4) is 0 Å². The number of anilines is 1. The molecular formula is C15H14N2O2S. The third-order valence-electron chi connectivity index (χ3n) is 3.41. The Hall–Kier alpha value is -1.98. The molecule has 0 bridgehead atoms. The average Bonchev–Trinajstić information content (AvgIpc) is 2.71. The number of para-hydroxylation sites is 1. The molecule has 0 radical (unpaired) electrons. The van der Waals surface area contributed by atoms with E-state index in [0.29, 0.717) is 11.4 Å². The molecule has 0 spiro atoms. The van der Waals surface area contributed by atoms with Crippen LogP contribution in [0.4, 0.5) is 5.69 Å². The molecule has 1 unspecified atom stereocenters. The van der Waals surface area contributed by atoms with E-state index in [2.05, 4.69) is 4.40 Å². The summed E-state index contributed by atoms with van der Waals surface area (Å²) in [7, 11) is -1.74. The molecule has 2 aromatic rings. The Kier molecular flexibility index (Phi) is 2.96. The van der Waals surface area contributed by atoms with Crippen LogP contribution >= 0.6 is 0 Å². The first-order valence-corrected chi connectivity index (χ1v) is 7.68. The Morgan fingerprint density at radius 2 is 1.75 bits per heavy atom. The lowest BCUT2D eigenvalue weighted by molar-refractivity contribution is 0.481. The minimum atomic E-state index is -3.57. The Bertz CT molecular complexity index is 755. The zero-order chi connectivity index (χ0) is 14.3. The van der Waals surface area contributed by atoms with Gasteiger partial charge >= 0.3 is 0 Å². The number of aryl methyl sites for hydroxylation is 1. The SMILES string of the molecule is Cc1ccccc1N(C)C1=N[S+](=O)([O-])c2ccccc21. The van der Waals surface area contributed by atoms with Crippen molar-refractivity contribution in [2.75, 3.05) is 11.9 Å². The summed E-state index contributed by atoms with van der Waals surface area (Å²) in [5, 5.41) is 0. The molecule has 0 aromatic heterocycles. The average molecular weight is 286 g/mol. The van der Waals surface area contributed by atoms with Gasteiger partial charge in [-0.25, -0.2) is 0 Å². The van der Waals surface area contributed by atoms with Gasteiger partial charge in [-0.05, 0) is 35.1 Å². The van der Waals surface area contributed by atoms with E-state index in [4.69, 9.17) is 0 Å². The fourth-order valence-electron chi connectivity index (χ4n) is 2.38. The third-order valence-corrected chi connectivity index (χ3v) is 4.73. The molecule has 0 N–H and O–H groups in total. The first kappa shape index (κ1) is 13.0. The smallest absolute Gasteiger partial charge is 0.210 e. The molecule has 3 rings (SSSR count). The van der Waals surface area contributed by atoms with Crippen LogP contribution in [0.25, 0.3) is 0 Å². The lowest BCUT2D eigenvalue weighted by atomic mass is 10.1. The monoisotopic (exact) mass is 286 g/mol. The molecule has 1 atom stereocenters. The quantitative estimate of drug-likeness (QED) is 0.757. The molecule has 0 saturated carbocycles. The standard InChI is InChI=1S/C15H14N2O2S/c1-11-7-3-5-9-13(11)17(2)15-12-8-4-6-10-14(12)20(18,19)16-15/h3-10H,1-2H3. The van der Waals surface area contributed by atoms with Gasteiger partial charge < -0.3 is 9.45 Å². The maximum absolute atomic E-state index is 12.1. The normalized spacial score (nSPS) is 20.4. The zero-order valence-electron chi connectivity index (χ0n) is 11.2. The number of rotatable bonds is 1. The number of fused-ring (bicyclic) bond motifs is 1. The van der Waals surface area contributed by atoms with Crippen molar-refractivity contribution >= 4 is 21.9 Å². The van der Waals surface area contributed by atoms with Crippen molar-refractivity contribution < 1.29 is 8.76 Å². The van der Waals surface area contributed by atoms with E-state index in [1.165, 1.54) is 0 Å². The van der Waals surface area contributed by atoms with Gasteiger partial charge in [0.15, 0.2) is 10.7 Å². The fraction of sp³-hybridized carbons (Fsp3) is 0.133. The van der Waals surface area contributed by atoms with E-state index in [1.54, 1.807) is 18.2 Å². The molecule has 1 aliphatic heterocycles. The molecule has 0 fully saturated rings. The summed E-state index contributed by atoms with van der Waals surface area (Å²) in [4.78, 5) is 2.09. The summed E-state index contributed by atoms with van der Waals surface area (Å²) in [5.74, 6) is 0.468. The first-order valence-electron chi connectivity index (χ1n) is 6.24. The zero-order valence-corrected chi connectivity index (χ0v) is 12.1. The maximum Gasteiger partial charge on any atom is 0.210 e. The van der Waals surface area contributed by atoms with Gasteiger partial charge in [-0.1, -0.05) is 34.5 Å². The van der Waals surface area contributed by atoms with Crippen molar-refractivity contribution in [3.63, 3.8) is 0 Å². The van der Waals surface area contributed by atoms with Gasteiger partial charge in [0.1, 0.15) is 0 Å². The Morgan fingerprint density at radius 1 is 1.10 bits per heavy atom. The van der Waals surface area contributed by atoms with Crippen LogP contribution < -0.4 is 4.90 Å². The van der Waals surface area contributed by atoms with E-state index in [1.807, 2.05) is 49.2 Å². The predicted octanol–water partition coefficient (Wildman–Crippen LogP) is 2.80. The van der Waals surface area contributed by atoms with Gasteiger partial charge in [0.05, 0.1) is 5.56 Å². The second-order valence-electron chi connectivity index (χ2n) is 4.73. The van der Waals surface area contributed by atoms with Crippen molar-refractivity contribution in [1.82, 2.24) is 0 Å². The van der Waals surface area contributed by atoms with E-state index in [-0.39, 0.29) is 4.90 Å². The lowest BCUT2D eigenvalue weighted by Gasteiger charge is -2.19. The summed E-state index contributed by atoms with van der Waals surface area (Å²) < 4.78 is 28.1. The highest BCUT2D eigenvalue weighted by Crippen LogP contribution is 2.32. The predicted molar refractivity (Wildman–Crippen MR) is 79.7 cm³/mol. The molecular weight excluding hydrogens is 272 g/mol. The summed E-state index contributed by atoms with van der Waals surface area (Å²) in [6.07, 6.45) is 0. The van der Waals surface area contributed by atoms with Crippen LogP contribution in [0.3, 0.4) is 0 Å². The highest BCUT2D eigenvalue weighted by Gasteiger charge is 2.36. The van der Waals surface area contributed by atoms with Gasteiger partial charge in [0.2, 0.25) is 10.4 Å². The van der Waals surface area contributed by atoms with E-state index < -0.39 is 10.4 Å². The molecule has 0 amide bonds. The molecule has 5 heteroatoms. The minimum Gasteiger partial charge on any atom is -0.586 e. The van der Waals surface area contributed by atoms with Gasteiger partial charge in [0.25, 0.3) is 0 Å². The van der Waals surface area contributed by atoms with E-state index >= 15 is 0 Å². The summed E-state index contributed by atoms with van der Waals surface area (Å²) in [6, 6.07) is 14.7. The molecule has 102 valence electrons. The van der Waals surface area contributed by atoms with Crippen LogP contribution in [0, 0.1) is 6.92 Å². The number of hydrogen-bond donors (Lipinski definition) is 0. The Labute approximate surface area is 119 Å². The fourth-order valence-corrected chi connectivity index (χ4v) is 3.62. The molecule has 0 aliphatic carbocycles. The van der Waals surface area contributed by atoms with E-state index in [9.17, 15) is 8.76 Å². The number of nitrogens with zero attached hydrogens (tertiary/aromatic N) is 2. The van der Waals surface area contributed by atoms with Crippen molar-refractivity contribution in [3.05, 3.63) is 59.7 Å². The Balaban J connectivity index is 2.13.